The highest BCUT2D eigenvalue weighted by Crippen LogP contribution is 2.22. The number of fused-ring (bicyclic) bond motifs is 1. The number of hydrogen-bond donors (Lipinski definition) is 1. The van der Waals surface area contributed by atoms with Crippen molar-refractivity contribution >= 4 is 22.8 Å². The van der Waals surface area contributed by atoms with Crippen LogP contribution in [-0.4, -0.2) is 35.2 Å². The van der Waals surface area contributed by atoms with Crippen molar-refractivity contribution in [2.75, 3.05) is 19.0 Å². The third-order valence-electron chi connectivity index (χ3n) is 2.75. The molecule has 104 valence electrons. The molecule has 1 N–H and O–H groups in total. The van der Waals surface area contributed by atoms with Crippen LogP contribution in [0.1, 0.15) is 19.4 Å². The van der Waals surface area contributed by atoms with Crippen molar-refractivity contribution in [1.29, 1.82) is 0 Å². The number of para-hydroxylation sites is 1. The number of imidazole rings is 1. The summed E-state index contributed by atoms with van der Waals surface area (Å²) in [5, 5.41) is 0.911. The van der Waals surface area contributed by atoms with Gasteiger partial charge in [-0.15, -0.1) is 0 Å². The minimum absolute atomic E-state index is 0.172. The van der Waals surface area contributed by atoms with E-state index >= 15 is 0 Å². The van der Waals surface area contributed by atoms with Gasteiger partial charge in [0.25, 0.3) is 0 Å². The average molecular weight is 280 g/mol. The lowest BCUT2D eigenvalue weighted by Crippen LogP contribution is -2.20. The molecule has 0 saturated heterocycles. The molecule has 5 heteroatoms. The van der Waals surface area contributed by atoms with Gasteiger partial charge in [-0.05, 0) is 32.4 Å². The molecule has 2 aromatic rings. The average Bonchev–Trinajstić information content (AvgIpc) is 2.81. The number of thioether (sulfide) groups is 1. The molecule has 0 atom stereocenters. The lowest BCUT2D eigenvalue weighted by molar-refractivity contribution is -0.120. The van der Waals surface area contributed by atoms with Crippen molar-refractivity contribution < 1.29 is 9.47 Å². The number of aromatic nitrogens is 2. The van der Waals surface area contributed by atoms with Crippen molar-refractivity contribution in [1.82, 2.24) is 9.97 Å². The van der Waals surface area contributed by atoms with Crippen LogP contribution in [0.3, 0.4) is 0 Å². The molecular formula is C14H20N2O2S. The van der Waals surface area contributed by atoms with Crippen LogP contribution in [0, 0.1) is 6.92 Å². The maximum Gasteiger partial charge on any atom is 0.166 e. The minimum atomic E-state index is -0.172. The monoisotopic (exact) mass is 280 g/mol. The molecule has 19 heavy (non-hydrogen) atoms. The molecule has 0 unspecified atom stereocenters. The molecule has 0 spiro atoms. The van der Waals surface area contributed by atoms with Gasteiger partial charge >= 0.3 is 0 Å². The van der Waals surface area contributed by atoms with E-state index in [4.69, 9.17) is 9.47 Å². The molecule has 0 aliphatic carbocycles. The number of nitrogens with one attached hydrogen (secondary N) is 1. The summed E-state index contributed by atoms with van der Waals surface area (Å²) < 4.78 is 11.0. The second-order valence-electron chi connectivity index (χ2n) is 4.16. The Morgan fingerprint density at radius 2 is 2.00 bits per heavy atom. The van der Waals surface area contributed by atoms with Crippen LogP contribution in [0.15, 0.2) is 23.4 Å². The van der Waals surface area contributed by atoms with Crippen molar-refractivity contribution in [2.24, 2.45) is 0 Å². The summed E-state index contributed by atoms with van der Waals surface area (Å²) in [6.45, 7) is 7.33. The first kappa shape index (κ1) is 14.4. The highest BCUT2D eigenvalue weighted by Gasteiger charge is 2.11. The van der Waals surface area contributed by atoms with Crippen molar-refractivity contribution in [3.05, 3.63) is 23.8 Å². The van der Waals surface area contributed by atoms with Gasteiger partial charge in [0.05, 0.1) is 16.8 Å². The van der Waals surface area contributed by atoms with Crippen molar-refractivity contribution in [3.8, 4) is 0 Å². The first-order chi connectivity index (χ1) is 9.24. The van der Waals surface area contributed by atoms with Gasteiger partial charge in [-0.3, -0.25) is 0 Å². The topological polar surface area (TPSA) is 47.1 Å². The number of hydrogen-bond acceptors (Lipinski definition) is 4. The van der Waals surface area contributed by atoms with E-state index in [-0.39, 0.29) is 6.29 Å². The fourth-order valence-electron chi connectivity index (χ4n) is 1.88. The van der Waals surface area contributed by atoms with Crippen molar-refractivity contribution in [3.63, 3.8) is 0 Å². The zero-order chi connectivity index (χ0) is 13.7. The van der Waals surface area contributed by atoms with Crippen LogP contribution in [0.5, 0.6) is 0 Å². The van der Waals surface area contributed by atoms with Crippen LogP contribution >= 0.6 is 11.8 Å². The van der Waals surface area contributed by atoms with E-state index in [1.165, 1.54) is 5.56 Å². The van der Waals surface area contributed by atoms with E-state index in [2.05, 4.69) is 23.0 Å². The van der Waals surface area contributed by atoms with Gasteiger partial charge < -0.3 is 14.5 Å². The highest BCUT2D eigenvalue weighted by atomic mass is 32.2. The Kier molecular flexibility index (Phi) is 5.24. The van der Waals surface area contributed by atoms with Gasteiger partial charge in [0.2, 0.25) is 0 Å². The normalized spacial score (nSPS) is 11.6. The van der Waals surface area contributed by atoms with Crippen LogP contribution in [-0.2, 0) is 9.47 Å². The maximum absolute atomic E-state index is 5.52. The molecule has 1 aromatic carbocycles. The van der Waals surface area contributed by atoms with Gasteiger partial charge in [-0.25, -0.2) is 4.98 Å². The predicted molar refractivity (Wildman–Crippen MR) is 78.6 cm³/mol. The summed E-state index contributed by atoms with van der Waals surface area (Å²) in [7, 11) is 0. The molecule has 2 rings (SSSR count). The third-order valence-corrected chi connectivity index (χ3v) is 3.66. The predicted octanol–water partition coefficient (Wildman–Crippen LogP) is 3.36. The fourth-order valence-corrected chi connectivity index (χ4v) is 2.71. The summed E-state index contributed by atoms with van der Waals surface area (Å²) in [6.07, 6.45) is -0.172. The van der Waals surface area contributed by atoms with E-state index in [1.54, 1.807) is 11.8 Å². The molecule has 0 radical (unpaired) electrons. The minimum Gasteiger partial charge on any atom is -0.352 e. The zero-order valence-corrected chi connectivity index (χ0v) is 12.4. The summed E-state index contributed by atoms with van der Waals surface area (Å²) >= 11 is 1.63. The smallest absolute Gasteiger partial charge is 0.166 e. The molecule has 4 nitrogen and oxygen atoms in total. The number of aryl methyl sites for hydroxylation is 1. The lowest BCUT2D eigenvalue weighted by Gasteiger charge is -2.15. The molecule has 1 heterocycles. The Bertz CT molecular complexity index is 521. The molecule has 0 bridgehead atoms. The van der Waals surface area contributed by atoms with Gasteiger partial charge in [-0.2, -0.15) is 0 Å². The van der Waals surface area contributed by atoms with Gasteiger partial charge in [-0.1, -0.05) is 23.9 Å². The van der Waals surface area contributed by atoms with Crippen LogP contribution in [0.4, 0.5) is 0 Å². The summed E-state index contributed by atoms with van der Waals surface area (Å²) in [5.74, 6) is 0.737. The third kappa shape index (κ3) is 3.72. The van der Waals surface area contributed by atoms with Crippen LogP contribution in [0.2, 0.25) is 0 Å². The Morgan fingerprint density at radius 3 is 2.63 bits per heavy atom. The number of H-pyrrole nitrogens is 1. The van der Waals surface area contributed by atoms with Gasteiger partial charge in [0.1, 0.15) is 0 Å². The van der Waals surface area contributed by atoms with E-state index in [0.717, 1.165) is 21.9 Å². The summed E-state index contributed by atoms with van der Waals surface area (Å²) in [6, 6.07) is 6.15. The quantitative estimate of drug-likeness (QED) is 0.624. The lowest BCUT2D eigenvalue weighted by atomic mass is 10.2. The highest BCUT2D eigenvalue weighted by molar-refractivity contribution is 7.99. The number of rotatable bonds is 7. The fraction of sp³-hybridized carbons (Fsp3) is 0.500. The maximum atomic E-state index is 5.52. The molecule has 0 fully saturated rings. The second-order valence-corrected chi connectivity index (χ2v) is 5.17. The molecule has 0 aliphatic rings. The van der Waals surface area contributed by atoms with E-state index < -0.39 is 0 Å². The standard InChI is InChI=1S/C14H20N2O2S/c1-4-17-12(18-5-2)9-19-14-15-11-8-6-7-10(3)13(11)16-14/h6-8,12H,4-5,9H2,1-3H3,(H,15,16). The van der Waals surface area contributed by atoms with Crippen LogP contribution < -0.4 is 0 Å². The summed E-state index contributed by atoms with van der Waals surface area (Å²) in [4.78, 5) is 7.92. The molecule has 0 saturated carbocycles. The van der Waals surface area contributed by atoms with Crippen LogP contribution in [0.25, 0.3) is 11.0 Å². The zero-order valence-electron chi connectivity index (χ0n) is 11.6. The van der Waals surface area contributed by atoms with Crippen molar-refractivity contribution in [2.45, 2.75) is 32.2 Å². The number of nitrogens with zero attached hydrogens (tertiary/aromatic N) is 1. The van der Waals surface area contributed by atoms with E-state index in [9.17, 15) is 0 Å². The second kappa shape index (κ2) is 6.93. The summed E-state index contributed by atoms with van der Waals surface area (Å²) in [5.41, 5.74) is 3.30. The SMILES string of the molecule is CCOC(CSc1nc2c(C)cccc2[nH]1)OCC. The van der Waals surface area contributed by atoms with E-state index in [1.807, 2.05) is 26.0 Å². The first-order valence-electron chi connectivity index (χ1n) is 6.56. The molecule has 1 aromatic heterocycles. The molecule has 0 amide bonds. The molecular weight excluding hydrogens is 260 g/mol. The Balaban J connectivity index is 2.02. The molecule has 0 aliphatic heterocycles. The number of aromatic amines is 1. The van der Waals surface area contributed by atoms with E-state index in [0.29, 0.717) is 13.2 Å². The Morgan fingerprint density at radius 1 is 1.26 bits per heavy atom. The Labute approximate surface area is 117 Å². The van der Waals surface area contributed by atoms with Gasteiger partial charge in [0, 0.05) is 13.2 Å². The first-order valence-corrected chi connectivity index (χ1v) is 7.54. The largest absolute Gasteiger partial charge is 0.352 e. The Hall–Kier alpha value is -1.04. The number of ether oxygens (including phenoxy) is 2. The number of benzene rings is 1. The van der Waals surface area contributed by atoms with Gasteiger partial charge in [0.15, 0.2) is 11.4 Å².